The molecule has 28 heavy (non-hydrogen) atoms. The molecular weight excluding hydrogens is 352 g/mol. The summed E-state index contributed by atoms with van der Waals surface area (Å²) in [6.07, 6.45) is 6.83. The van der Waals surface area contributed by atoms with Gasteiger partial charge in [0.05, 0.1) is 24.0 Å². The number of aromatic nitrogens is 2. The van der Waals surface area contributed by atoms with Crippen LogP contribution in [0.4, 0.5) is 0 Å². The van der Waals surface area contributed by atoms with Gasteiger partial charge in [0.1, 0.15) is 5.82 Å². The first-order chi connectivity index (χ1) is 13.5. The van der Waals surface area contributed by atoms with Crippen molar-refractivity contribution in [3.05, 3.63) is 40.4 Å². The van der Waals surface area contributed by atoms with E-state index in [0.29, 0.717) is 35.9 Å². The molecule has 1 N–H and O–H groups in total. The topological polar surface area (TPSA) is 69.3 Å². The molecule has 1 fully saturated rings. The van der Waals surface area contributed by atoms with E-state index >= 15 is 0 Å². The molecule has 6 nitrogen and oxygen atoms in total. The lowest BCUT2D eigenvalue weighted by atomic mass is 9.94. The van der Waals surface area contributed by atoms with Crippen molar-refractivity contribution in [2.45, 2.75) is 71.0 Å². The fraction of sp³-hybridized carbons (Fsp3) is 0.591. The number of carbonyl (C=O) groups excluding carboxylic acids is 1. The molecule has 152 valence electrons. The zero-order chi connectivity index (χ0) is 20.1. The summed E-state index contributed by atoms with van der Waals surface area (Å²) < 4.78 is 0. The molecule has 1 aliphatic rings. The van der Waals surface area contributed by atoms with Gasteiger partial charge in [-0.25, -0.2) is 4.98 Å². The molecule has 1 amide bonds. The second-order valence-electron chi connectivity index (χ2n) is 7.99. The SMILES string of the molecule is CCC(C)N(CC(=O)N(C)C1CCCCC1)Cc1nc2ccccc2c(=O)[nH]1. The van der Waals surface area contributed by atoms with E-state index in [0.717, 1.165) is 19.3 Å². The number of carbonyl (C=O) groups is 1. The van der Waals surface area contributed by atoms with Crippen LogP contribution >= 0.6 is 0 Å². The van der Waals surface area contributed by atoms with Crippen molar-refractivity contribution < 1.29 is 4.79 Å². The number of nitrogens with one attached hydrogen (secondary N) is 1. The Labute approximate surface area is 166 Å². The average Bonchev–Trinajstić information content (AvgIpc) is 2.72. The van der Waals surface area contributed by atoms with Gasteiger partial charge in [-0.3, -0.25) is 14.5 Å². The minimum absolute atomic E-state index is 0.129. The number of nitrogens with zero attached hydrogens (tertiary/aromatic N) is 3. The van der Waals surface area contributed by atoms with Crippen LogP contribution in [0.3, 0.4) is 0 Å². The number of rotatable bonds is 7. The monoisotopic (exact) mass is 384 g/mol. The lowest BCUT2D eigenvalue weighted by Gasteiger charge is -2.34. The van der Waals surface area contributed by atoms with Crippen LogP contribution < -0.4 is 5.56 Å². The van der Waals surface area contributed by atoms with Crippen LogP contribution in [0, 0.1) is 0 Å². The van der Waals surface area contributed by atoms with E-state index in [1.807, 2.05) is 30.1 Å². The van der Waals surface area contributed by atoms with Gasteiger partial charge < -0.3 is 9.88 Å². The Hall–Kier alpha value is -2.21. The van der Waals surface area contributed by atoms with Crippen LogP contribution in [0.5, 0.6) is 0 Å². The first-order valence-corrected chi connectivity index (χ1v) is 10.5. The van der Waals surface area contributed by atoms with E-state index in [-0.39, 0.29) is 17.5 Å². The summed E-state index contributed by atoms with van der Waals surface area (Å²) in [4.78, 5) is 36.9. The smallest absolute Gasteiger partial charge is 0.258 e. The largest absolute Gasteiger partial charge is 0.342 e. The van der Waals surface area contributed by atoms with Crippen molar-refractivity contribution in [3.8, 4) is 0 Å². The standard InChI is InChI=1S/C22H32N4O2/c1-4-16(2)26(15-21(27)25(3)17-10-6-5-7-11-17)14-20-23-19-13-9-8-12-18(19)22(28)24-20/h8-9,12-13,16-17H,4-7,10-11,14-15H2,1-3H3,(H,23,24,28). The van der Waals surface area contributed by atoms with E-state index < -0.39 is 0 Å². The summed E-state index contributed by atoms with van der Waals surface area (Å²) in [6.45, 7) is 5.04. The molecule has 2 aromatic rings. The van der Waals surface area contributed by atoms with Gasteiger partial charge >= 0.3 is 0 Å². The Morgan fingerprint density at radius 3 is 2.68 bits per heavy atom. The van der Waals surface area contributed by atoms with Crippen molar-refractivity contribution >= 4 is 16.8 Å². The first-order valence-electron chi connectivity index (χ1n) is 10.5. The molecular formula is C22H32N4O2. The van der Waals surface area contributed by atoms with Crippen LogP contribution in [-0.4, -0.2) is 51.4 Å². The van der Waals surface area contributed by atoms with Gasteiger partial charge in [-0.05, 0) is 38.3 Å². The fourth-order valence-electron chi connectivity index (χ4n) is 3.99. The summed E-state index contributed by atoms with van der Waals surface area (Å²) in [5.41, 5.74) is 0.561. The van der Waals surface area contributed by atoms with E-state index in [4.69, 9.17) is 0 Å². The summed E-state index contributed by atoms with van der Waals surface area (Å²) >= 11 is 0. The lowest BCUT2D eigenvalue weighted by Crippen LogP contribution is -2.46. The number of hydrogen-bond donors (Lipinski definition) is 1. The van der Waals surface area contributed by atoms with Crippen molar-refractivity contribution in [2.24, 2.45) is 0 Å². The summed E-state index contributed by atoms with van der Waals surface area (Å²) in [5, 5.41) is 0.592. The zero-order valence-electron chi connectivity index (χ0n) is 17.3. The molecule has 0 spiro atoms. The maximum absolute atomic E-state index is 12.9. The summed E-state index contributed by atoms with van der Waals surface area (Å²) in [6, 6.07) is 7.93. The highest BCUT2D eigenvalue weighted by Crippen LogP contribution is 2.22. The quantitative estimate of drug-likeness (QED) is 0.795. The average molecular weight is 385 g/mol. The molecule has 0 bridgehead atoms. The van der Waals surface area contributed by atoms with Crippen LogP contribution in [-0.2, 0) is 11.3 Å². The Balaban J connectivity index is 1.75. The normalized spacial score (nSPS) is 16.4. The minimum Gasteiger partial charge on any atom is -0.342 e. The van der Waals surface area contributed by atoms with E-state index in [1.165, 1.54) is 19.3 Å². The molecule has 1 unspecified atom stereocenters. The predicted octanol–water partition coefficient (Wildman–Crippen LogP) is 3.31. The number of amides is 1. The van der Waals surface area contributed by atoms with Crippen molar-refractivity contribution in [1.29, 1.82) is 0 Å². The molecule has 1 aliphatic carbocycles. The first kappa shape index (κ1) is 20.5. The highest BCUT2D eigenvalue weighted by molar-refractivity contribution is 5.78. The second-order valence-corrected chi connectivity index (χ2v) is 7.99. The van der Waals surface area contributed by atoms with Crippen molar-refractivity contribution in [1.82, 2.24) is 19.8 Å². The Morgan fingerprint density at radius 2 is 1.96 bits per heavy atom. The Morgan fingerprint density at radius 1 is 1.25 bits per heavy atom. The number of H-pyrrole nitrogens is 1. The Kier molecular flexibility index (Phi) is 6.83. The van der Waals surface area contributed by atoms with Crippen LogP contribution in [0.2, 0.25) is 0 Å². The minimum atomic E-state index is -0.129. The van der Waals surface area contributed by atoms with Gasteiger partial charge in [0.25, 0.3) is 5.56 Å². The molecule has 0 saturated heterocycles. The molecule has 6 heteroatoms. The highest BCUT2D eigenvalue weighted by Gasteiger charge is 2.25. The molecule has 1 heterocycles. The molecule has 1 saturated carbocycles. The molecule has 1 aromatic carbocycles. The number of benzene rings is 1. The van der Waals surface area contributed by atoms with E-state index in [9.17, 15) is 9.59 Å². The molecule has 0 radical (unpaired) electrons. The van der Waals surface area contributed by atoms with E-state index in [1.54, 1.807) is 6.07 Å². The maximum atomic E-state index is 12.9. The highest BCUT2D eigenvalue weighted by atomic mass is 16.2. The summed E-state index contributed by atoms with van der Waals surface area (Å²) in [7, 11) is 1.93. The number of para-hydroxylation sites is 1. The third-order valence-electron chi connectivity index (χ3n) is 6.08. The maximum Gasteiger partial charge on any atom is 0.258 e. The second kappa shape index (κ2) is 9.32. The van der Waals surface area contributed by atoms with Gasteiger partial charge in [0.15, 0.2) is 0 Å². The summed E-state index contributed by atoms with van der Waals surface area (Å²) in [5.74, 6) is 0.757. The van der Waals surface area contributed by atoms with Gasteiger partial charge in [0, 0.05) is 19.1 Å². The number of likely N-dealkylation sites (N-methyl/N-ethyl adjacent to an activating group) is 1. The third kappa shape index (κ3) is 4.79. The molecule has 3 rings (SSSR count). The van der Waals surface area contributed by atoms with Crippen molar-refractivity contribution in [2.75, 3.05) is 13.6 Å². The molecule has 1 aromatic heterocycles. The number of aromatic amines is 1. The number of hydrogen-bond acceptors (Lipinski definition) is 4. The van der Waals surface area contributed by atoms with Gasteiger partial charge in [-0.15, -0.1) is 0 Å². The lowest BCUT2D eigenvalue weighted by molar-refractivity contribution is -0.134. The fourth-order valence-corrected chi connectivity index (χ4v) is 3.99. The van der Waals surface area contributed by atoms with Crippen LogP contribution in [0.25, 0.3) is 10.9 Å². The van der Waals surface area contributed by atoms with Gasteiger partial charge in [-0.1, -0.05) is 38.3 Å². The van der Waals surface area contributed by atoms with Gasteiger partial charge in [0.2, 0.25) is 5.91 Å². The van der Waals surface area contributed by atoms with Crippen LogP contribution in [0.15, 0.2) is 29.1 Å². The van der Waals surface area contributed by atoms with Crippen LogP contribution in [0.1, 0.15) is 58.2 Å². The Bertz CT molecular complexity index is 857. The number of fused-ring (bicyclic) bond motifs is 1. The third-order valence-corrected chi connectivity index (χ3v) is 6.08. The van der Waals surface area contributed by atoms with Crippen molar-refractivity contribution in [3.63, 3.8) is 0 Å². The zero-order valence-corrected chi connectivity index (χ0v) is 17.3. The predicted molar refractivity (Wildman–Crippen MR) is 112 cm³/mol. The van der Waals surface area contributed by atoms with E-state index in [2.05, 4.69) is 28.7 Å². The van der Waals surface area contributed by atoms with Gasteiger partial charge in [-0.2, -0.15) is 0 Å². The molecule has 1 atom stereocenters. The molecule has 0 aliphatic heterocycles.